The van der Waals surface area contributed by atoms with Gasteiger partial charge in [0.05, 0.1) is 13.0 Å². The van der Waals surface area contributed by atoms with Crippen molar-refractivity contribution in [2.24, 2.45) is 5.92 Å². The third kappa shape index (κ3) is 7.42. The summed E-state index contributed by atoms with van der Waals surface area (Å²) in [5.41, 5.74) is 0.758. The fourth-order valence-electron chi connectivity index (χ4n) is 3.37. The molecule has 0 bridgehead atoms. The Kier molecular flexibility index (Phi) is 8.80. The lowest BCUT2D eigenvalue weighted by molar-refractivity contribution is -0.153. The number of piperidine rings is 1. The van der Waals surface area contributed by atoms with Crippen molar-refractivity contribution >= 4 is 11.8 Å². The van der Waals surface area contributed by atoms with Gasteiger partial charge in [-0.1, -0.05) is 13.0 Å². The van der Waals surface area contributed by atoms with Crippen molar-refractivity contribution in [1.29, 1.82) is 0 Å². The van der Waals surface area contributed by atoms with Crippen molar-refractivity contribution in [2.45, 2.75) is 45.2 Å². The van der Waals surface area contributed by atoms with Crippen LogP contribution in [0.4, 0.5) is 13.2 Å². The molecule has 0 aliphatic carbocycles. The number of ether oxygens (including phenoxy) is 2. The highest BCUT2D eigenvalue weighted by Crippen LogP contribution is 2.30. The lowest BCUT2D eigenvalue weighted by Crippen LogP contribution is -2.45. The first-order valence-corrected chi connectivity index (χ1v) is 10.2. The minimum absolute atomic E-state index is 0.00173. The minimum atomic E-state index is -4.43. The number of rotatable bonds is 9. The molecule has 168 valence electrons. The summed E-state index contributed by atoms with van der Waals surface area (Å²) >= 11 is 0. The van der Waals surface area contributed by atoms with Crippen LogP contribution in [0, 0.1) is 5.92 Å². The maximum atomic E-state index is 12.6. The number of hydrogen-bond donors (Lipinski definition) is 1. The number of carbonyl (C=O) groups excluding carboxylic acids is 2. The molecule has 1 atom stereocenters. The molecule has 0 spiro atoms. The molecule has 1 aromatic rings. The second-order valence-electron chi connectivity index (χ2n) is 7.36. The van der Waals surface area contributed by atoms with Gasteiger partial charge in [-0.3, -0.25) is 9.59 Å². The van der Waals surface area contributed by atoms with Crippen molar-refractivity contribution < 1.29 is 32.2 Å². The Bertz CT molecular complexity index is 725. The largest absolute Gasteiger partial charge is 0.493 e. The van der Waals surface area contributed by atoms with E-state index in [2.05, 4.69) is 5.32 Å². The number of halogens is 3. The van der Waals surface area contributed by atoms with Gasteiger partial charge in [0.1, 0.15) is 0 Å². The van der Waals surface area contributed by atoms with Crippen molar-refractivity contribution in [3.63, 3.8) is 0 Å². The number of methoxy groups -OCH3 is 1. The molecule has 1 aliphatic heterocycles. The fraction of sp³-hybridized carbons (Fsp3) is 0.619. The van der Waals surface area contributed by atoms with Gasteiger partial charge in [0.15, 0.2) is 18.1 Å². The Balaban J connectivity index is 1.89. The molecule has 1 aromatic carbocycles. The van der Waals surface area contributed by atoms with Crippen LogP contribution < -0.4 is 14.8 Å². The number of benzene rings is 1. The molecule has 0 saturated carbocycles. The Hall–Kier alpha value is -2.45. The van der Waals surface area contributed by atoms with Crippen molar-refractivity contribution in [3.05, 3.63) is 23.8 Å². The van der Waals surface area contributed by atoms with E-state index in [0.29, 0.717) is 26.1 Å². The molecule has 9 heteroatoms. The van der Waals surface area contributed by atoms with Crippen molar-refractivity contribution in [1.82, 2.24) is 10.2 Å². The molecule has 6 nitrogen and oxygen atoms in total. The molecule has 1 fully saturated rings. The number of likely N-dealkylation sites (tertiary alicyclic amines) is 1. The molecule has 1 unspecified atom stereocenters. The highest BCUT2D eigenvalue weighted by molar-refractivity contribution is 5.81. The second-order valence-corrected chi connectivity index (χ2v) is 7.36. The van der Waals surface area contributed by atoms with Gasteiger partial charge in [-0.05, 0) is 43.4 Å². The van der Waals surface area contributed by atoms with E-state index >= 15 is 0 Å². The molecule has 0 aromatic heterocycles. The Morgan fingerprint density at radius 3 is 2.70 bits per heavy atom. The number of nitrogens with one attached hydrogen (secondary N) is 1. The van der Waals surface area contributed by atoms with Crippen LogP contribution >= 0.6 is 0 Å². The van der Waals surface area contributed by atoms with Crippen LogP contribution in [0.1, 0.15) is 38.2 Å². The van der Waals surface area contributed by atoms with E-state index in [1.807, 2.05) is 6.92 Å². The average Bonchev–Trinajstić information content (AvgIpc) is 2.73. The van der Waals surface area contributed by atoms with Crippen LogP contribution in [0.5, 0.6) is 11.5 Å². The van der Waals surface area contributed by atoms with E-state index in [9.17, 15) is 22.8 Å². The highest BCUT2D eigenvalue weighted by atomic mass is 19.4. The van der Waals surface area contributed by atoms with E-state index in [1.54, 1.807) is 17.0 Å². The van der Waals surface area contributed by atoms with Crippen LogP contribution in [-0.2, 0) is 16.0 Å². The van der Waals surface area contributed by atoms with Crippen LogP contribution in [0.2, 0.25) is 0 Å². The zero-order valence-corrected chi connectivity index (χ0v) is 17.4. The van der Waals surface area contributed by atoms with E-state index < -0.39 is 12.8 Å². The number of hydrogen-bond acceptors (Lipinski definition) is 4. The summed E-state index contributed by atoms with van der Waals surface area (Å²) in [6, 6.07) is 4.62. The van der Waals surface area contributed by atoms with E-state index in [1.165, 1.54) is 13.2 Å². The van der Waals surface area contributed by atoms with Gasteiger partial charge in [0, 0.05) is 26.1 Å². The first-order valence-electron chi connectivity index (χ1n) is 10.2. The molecule has 2 rings (SSSR count). The summed E-state index contributed by atoms with van der Waals surface area (Å²) in [5.74, 6) is -0.0380. The molecule has 0 radical (unpaired) electrons. The fourth-order valence-corrected chi connectivity index (χ4v) is 3.37. The number of nitrogens with zero attached hydrogens (tertiary/aromatic N) is 1. The summed E-state index contributed by atoms with van der Waals surface area (Å²) in [7, 11) is 1.35. The molecule has 1 saturated heterocycles. The smallest absolute Gasteiger partial charge is 0.422 e. The van der Waals surface area contributed by atoms with Gasteiger partial charge < -0.3 is 19.7 Å². The Labute approximate surface area is 174 Å². The summed E-state index contributed by atoms with van der Waals surface area (Å²) in [6.07, 6.45) is -1.35. The van der Waals surface area contributed by atoms with Gasteiger partial charge in [-0.2, -0.15) is 13.2 Å². The summed E-state index contributed by atoms with van der Waals surface area (Å²) in [5, 5.41) is 2.88. The van der Waals surface area contributed by atoms with Crippen LogP contribution in [0.25, 0.3) is 0 Å². The Morgan fingerprint density at radius 1 is 1.27 bits per heavy atom. The quantitative estimate of drug-likeness (QED) is 0.653. The van der Waals surface area contributed by atoms with Gasteiger partial charge in [-0.15, -0.1) is 0 Å². The number of alkyl halides is 3. The topological polar surface area (TPSA) is 67.9 Å². The van der Waals surface area contributed by atoms with Crippen molar-refractivity contribution in [3.8, 4) is 11.5 Å². The zero-order chi connectivity index (χ0) is 22.1. The predicted molar refractivity (Wildman–Crippen MR) is 105 cm³/mol. The van der Waals surface area contributed by atoms with Crippen molar-refractivity contribution in [2.75, 3.05) is 33.4 Å². The number of carbonyl (C=O) groups is 2. The van der Waals surface area contributed by atoms with Gasteiger partial charge >= 0.3 is 6.18 Å². The summed E-state index contributed by atoms with van der Waals surface area (Å²) in [4.78, 5) is 26.5. The van der Waals surface area contributed by atoms with Gasteiger partial charge in [0.2, 0.25) is 11.8 Å². The van der Waals surface area contributed by atoms with Crippen LogP contribution in [-0.4, -0.2) is 56.2 Å². The van der Waals surface area contributed by atoms with Gasteiger partial charge in [0.25, 0.3) is 0 Å². The Morgan fingerprint density at radius 2 is 2.03 bits per heavy atom. The number of aryl methyl sites for hydroxylation is 1. The third-order valence-electron chi connectivity index (χ3n) is 4.94. The summed E-state index contributed by atoms with van der Waals surface area (Å²) < 4.78 is 46.9. The standard InChI is InChI=1S/C21H29F3N2O4/c1-3-10-25-20(28)16-5-4-11-26(13-16)19(27)9-7-15-6-8-17(18(12-15)29-2)30-14-21(22,23)24/h6,8,12,16H,3-5,7,9-11,13-14H2,1-2H3,(H,25,28). The molecule has 1 heterocycles. The first-order chi connectivity index (χ1) is 14.2. The average molecular weight is 430 g/mol. The van der Waals surface area contributed by atoms with Gasteiger partial charge in [-0.25, -0.2) is 0 Å². The predicted octanol–water partition coefficient (Wildman–Crippen LogP) is 3.33. The molecule has 30 heavy (non-hydrogen) atoms. The monoisotopic (exact) mass is 430 g/mol. The van der Waals surface area contributed by atoms with E-state index in [4.69, 9.17) is 9.47 Å². The van der Waals surface area contributed by atoms with Crippen LogP contribution in [0.3, 0.4) is 0 Å². The van der Waals surface area contributed by atoms with E-state index in [0.717, 1.165) is 24.8 Å². The SMILES string of the molecule is CCCNC(=O)C1CCCN(C(=O)CCc2ccc(OCC(F)(F)F)c(OC)c2)C1. The molecule has 2 amide bonds. The maximum Gasteiger partial charge on any atom is 0.422 e. The molecular formula is C21H29F3N2O4. The lowest BCUT2D eigenvalue weighted by atomic mass is 9.96. The highest BCUT2D eigenvalue weighted by Gasteiger charge is 2.29. The lowest BCUT2D eigenvalue weighted by Gasteiger charge is -2.32. The molecule has 1 aliphatic rings. The normalized spacial score (nSPS) is 16.8. The zero-order valence-electron chi connectivity index (χ0n) is 17.4. The second kappa shape index (κ2) is 11.1. The molecule has 1 N–H and O–H groups in total. The number of amides is 2. The van der Waals surface area contributed by atoms with E-state index in [-0.39, 0.29) is 35.7 Å². The minimum Gasteiger partial charge on any atom is -0.493 e. The third-order valence-corrected chi connectivity index (χ3v) is 4.94. The maximum absolute atomic E-state index is 12.6. The van der Waals surface area contributed by atoms with Crippen LogP contribution in [0.15, 0.2) is 18.2 Å². The summed E-state index contributed by atoms with van der Waals surface area (Å²) in [6.45, 7) is 2.27. The molecular weight excluding hydrogens is 401 g/mol. The first kappa shape index (κ1) is 23.8.